The number of carboxylic acid groups (broad SMARTS) is 1. The molecule has 6 nitrogen and oxygen atoms in total. The Kier molecular flexibility index (Phi) is 3.34. The van der Waals surface area contributed by atoms with Gasteiger partial charge in [0.1, 0.15) is 5.69 Å². The number of rotatable bonds is 3. The van der Waals surface area contributed by atoms with Crippen molar-refractivity contribution in [3.63, 3.8) is 0 Å². The molecule has 2 aromatic rings. The standard InChI is InChI=1S/C11H9ClN2O4S/c1-19(17,18)10-3-2-6(4-7(10)12)8-5-9(11(15)16)14-13-8/h2-5H,1H3,(H,13,14)(H,15,16). The molecule has 0 radical (unpaired) electrons. The fourth-order valence-electron chi connectivity index (χ4n) is 1.54. The molecule has 19 heavy (non-hydrogen) atoms. The van der Waals surface area contributed by atoms with Crippen LogP contribution in [-0.4, -0.2) is 35.9 Å². The zero-order chi connectivity index (χ0) is 14.2. The molecule has 0 saturated heterocycles. The first-order chi connectivity index (χ1) is 8.79. The average Bonchev–Trinajstić information content (AvgIpc) is 2.76. The lowest BCUT2D eigenvalue weighted by molar-refractivity contribution is 0.0690. The third-order valence-corrected chi connectivity index (χ3v) is 4.02. The second-order valence-corrected chi connectivity index (χ2v) is 6.28. The summed E-state index contributed by atoms with van der Waals surface area (Å²) >= 11 is 5.90. The van der Waals surface area contributed by atoms with Gasteiger partial charge in [-0.3, -0.25) is 5.10 Å². The Balaban J connectivity index is 2.47. The van der Waals surface area contributed by atoms with Crippen LogP contribution in [0.15, 0.2) is 29.2 Å². The van der Waals surface area contributed by atoms with Crippen LogP contribution in [0.1, 0.15) is 10.5 Å². The number of H-pyrrole nitrogens is 1. The normalized spacial score (nSPS) is 11.5. The molecule has 1 heterocycles. The first kappa shape index (κ1) is 13.6. The van der Waals surface area contributed by atoms with Crippen LogP contribution in [0.25, 0.3) is 11.3 Å². The first-order valence-electron chi connectivity index (χ1n) is 5.08. The van der Waals surface area contributed by atoms with Gasteiger partial charge in [0.15, 0.2) is 9.84 Å². The van der Waals surface area contributed by atoms with Gasteiger partial charge in [-0.15, -0.1) is 0 Å². The van der Waals surface area contributed by atoms with Gasteiger partial charge in [-0.25, -0.2) is 13.2 Å². The number of nitrogens with zero attached hydrogens (tertiary/aromatic N) is 1. The molecular formula is C11H9ClN2O4S. The smallest absolute Gasteiger partial charge is 0.353 e. The molecule has 0 aliphatic carbocycles. The fraction of sp³-hybridized carbons (Fsp3) is 0.0909. The van der Waals surface area contributed by atoms with Crippen molar-refractivity contribution >= 4 is 27.4 Å². The summed E-state index contributed by atoms with van der Waals surface area (Å²) in [6, 6.07) is 5.65. The third-order valence-electron chi connectivity index (χ3n) is 2.44. The molecule has 2 N–H and O–H groups in total. The van der Waals surface area contributed by atoms with E-state index >= 15 is 0 Å². The molecule has 0 aliphatic rings. The Morgan fingerprint density at radius 2 is 2.05 bits per heavy atom. The number of hydrogen-bond acceptors (Lipinski definition) is 4. The molecular weight excluding hydrogens is 292 g/mol. The summed E-state index contributed by atoms with van der Waals surface area (Å²) in [5, 5.41) is 15.0. The Hall–Kier alpha value is -1.86. The monoisotopic (exact) mass is 300 g/mol. The number of hydrogen-bond donors (Lipinski definition) is 2. The Morgan fingerprint density at radius 3 is 2.53 bits per heavy atom. The lowest BCUT2D eigenvalue weighted by atomic mass is 10.1. The molecule has 1 aromatic carbocycles. The number of aromatic nitrogens is 2. The minimum Gasteiger partial charge on any atom is -0.477 e. The highest BCUT2D eigenvalue weighted by Gasteiger charge is 2.15. The van der Waals surface area contributed by atoms with Gasteiger partial charge in [-0.05, 0) is 18.2 Å². The van der Waals surface area contributed by atoms with Crippen molar-refractivity contribution in [2.45, 2.75) is 4.90 Å². The van der Waals surface area contributed by atoms with Crippen molar-refractivity contribution in [1.29, 1.82) is 0 Å². The van der Waals surface area contributed by atoms with Gasteiger partial charge < -0.3 is 5.11 Å². The molecule has 0 atom stereocenters. The number of carbonyl (C=O) groups is 1. The summed E-state index contributed by atoms with van der Waals surface area (Å²) in [5.74, 6) is -1.13. The molecule has 0 fully saturated rings. The van der Waals surface area contributed by atoms with E-state index in [1.807, 2.05) is 0 Å². The van der Waals surface area contributed by atoms with Crippen LogP contribution in [0.2, 0.25) is 5.02 Å². The van der Waals surface area contributed by atoms with Crippen molar-refractivity contribution in [1.82, 2.24) is 10.2 Å². The Labute approximate surface area is 114 Å². The highest BCUT2D eigenvalue weighted by molar-refractivity contribution is 7.90. The van der Waals surface area contributed by atoms with Crippen LogP contribution >= 0.6 is 11.6 Å². The SMILES string of the molecule is CS(=O)(=O)c1ccc(-c2cc(C(=O)O)[nH]n2)cc1Cl. The molecule has 0 amide bonds. The van der Waals surface area contributed by atoms with E-state index in [1.54, 1.807) is 0 Å². The lowest BCUT2D eigenvalue weighted by Crippen LogP contribution is -1.98. The van der Waals surface area contributed by atoms with E-state index in [9.17, 15) is 13.2 Å². The highest BCUT2D eigenvalue weighted by atomic mass is 35.5. The number of benzene rings is 1. The van der Waals surface area contributed by atoms with E-state index in [0.717, 1.165) is 6.26 Å². The zero-order valence-electron chi connectivity index (χ0n) is 9.71. The topological polar surface area (TPSA) is 100 Å². The molecule has 8 heteroatoms. The number of nitrogens with one attached hydrogen (secondary N) is 1. The summed E-state index contributed by atoms with van der Waals surface area (Å²) < 4.78 is 22.8. The summed E-state index contributed by atoms with van der Waals surface area (Å²) in [7, 11) is -3.39. The Bertz CT molecular complexity index is 752. The van der Waals surface area contributed by atoms with E-state index in [0.29, 0.717) is 11.3 Å². The maximum Gasteiger partial charge on any atom is 0.353 e. The largest absolute Gasteiger partial charge is 0.477 e. The minimum absolute atomic E-state index is 0.0203. The summed E-state index contributed by atoms with van der Waals surface area (Å²) in [5.41, 5.74) is 0.846. The average molecular weight is 301 g/mol. The van der Waals surface area contributed by atoms with Crippen LogP contribution in [0.3, 0.4) is 0 Å². The number of aromatic amines is 1. The predicted octanol–water partition coefficient (Wildman–Crippen LogP) is 1.83. The summed E-state index contributed by atoms with van der Waals surface area (Å²) in [4.78, 5) is 10.7. The molecule has 1 aromatic heterocycles. The van der Waals surface area contributed by atoms with Gasteiger partial charge in [-0.2, -0.15) is 5.10 Å². The molecule has 0 saturated carbocycles. The first-order valence-corrected chi connectivity index (χ1v) is 7.34. The third kappa shape index (κ3) is 2.77. The van der Waals surface area contributed by atoms with E-state index in [2.05, 4.69) is 10.2 Å². The van der Waals surface area contributed by atoms with Crippen LogP contribution in [0, 0.1) is 0 Å². The number of carboxylic acids is 1. The molecule has 0 unspecified atom stereocenters. The van der Waals surface area contributed by atoms with Crippen LogP contribution in [0.4, 0.5) is 0 Å². The summed E-state index contributed by atoms with van der Waals surface area (Å²) in [6.07, 6.45) is 1.06. The lowest BCUT2D eigenvalue weighted by Gasteiger charge is -2.03. The van der Waals surface area contributed by atoms with E-state index in [4.69, 9.17) is 16.7 Å². The van der Waals surface area contributed by atoms with Gasteiger partial charge >= 0.3 is 5.97 Å². The Morgan fingerprint density at radius 1 is 1.37 bits per heavy atom. The van der Waals surface area contributed by atoms with Crippen LogP contribution < -0.4 is 0 Å². The molecule has 0 aliphatic heterocycles. The van der Waals surface area contributed by atoms with Gasteiger partial charge in [0.25, 0.3) is 0 Å². The maximum absolute atomic E-state index is 11.4. The van der Waals surface area contributed by atoms with Crippen molar-refractivity contribution in [2.24, 2.45) is 0 Å². The molecule has 0 bridgehead atoms. The zero-order valence-corrected chi connectivity index (χ0v) is 11.3. The highest BCUT2D eigenvalue weighted by Crippen LogP contribution is 2.27. The number of sulfone groups is 1. The van der Waals surface area contributed by atoms with Crippen LogP contribution in [0.5, 0.6) is 0 Å². The maximum atomic E-state index is 11.4. The molecule has 0 spiro atoms. The second kappa shape index (κ2) is 4.67. The van der Waals surface area contributed by atoms with Gasteiger partial charge in [-0.1, -0.05) is 17.7 Å². The summed E-state index contributed by atoms with van der Waals surface area (Å²) in [6.45, 7) is 0. The second-order valence-electron chi connectivity index (χ2n) is 3.89. The van der Waals surface area contributed by atoms with E-state index < -0.39 is 15.8 Å². The van der Waals surface area contributed by atoms with Gasteiger partial charge in [0.05, 0.1) is 15.6 Å². The fourth-order valence-corrected chi connectivity index (χ4v) is 2.87. The number of aromatic carboxylic acids is 1. The van der Waals surface area contributed by atoms with Crippen molar-refractivity contribution in [2.75, 3.05) is 6.26 Å². The van der Waals surface area contributed by atoms with Crippen molar-refractivity contribution in [3.8, 4) is 11.3 Å². The molecule has 100 valence electrons. The number of halogens is 1. The van der Waals surface area contributed by atoms with Gasteiger partial charge in [0.2, 0.25) is 0 Å². The predicted molar refractivity (Wildman–Crippen MR) is 69.1 cm³/mol. The minimum atomic E-state index is -3.39. The van der Waals surface area contributed by atoms with Crippen molar-refractivity contribution < 1.29 is 18.3 Å². The molecule has 2 rings (SSSR count). The van der Waals surface area contributed by atoms with E-state index in [-0.39, 0.29) is 15.6 Å². The van der Waals surface area contributed by atoms with E-state index in [1.165, 1.54) is 24.3 Å². The quantitative estimate of drug-likeness (QED) is 0.900. The van der Waals surface area contributed by atoms with Gasteiger partial charge in [0, 0.05) is 11.8 Å². The van der Waals surface area contributed by atoms with Crippen LogP contribution in [-0.2, 0) is 9.84 Å². The van der Waals surface area contributed by atoms with Crippen molar-refractivity contribution in [3.05, 3.63) is 35.0 Å².